The lowest BCUT2D eigenvalue weighted by atomic mass is 9.99. The molecule has 1 amide bonds. The maximum absolute atomic E-state index is 11.7. The minimum absolute atomic E-state index is 0.115. The van der Waals surface area contributed by atoms with Crippen LogP contribution in [-0.4, -0.2) is 54.2 Å². The van der Waals surface area contributed by atoms with E-state index in [0.29, 0.717) is 18.6 Å². The molecule has 0 spiro atoms. The summed E-state index contributed by atoms with van der Waals surface area (Å²) in [5.74, 6) is 0.697. The van der Waals surface area contributed by atoms with Crippen molar-refractivity contribution in [2.24, 2.45) is 5.92 Å². The fraction of sp³-hybridized carbons (Fsp3) is 0.923. The molecule has 0 aromatic carbocycles. The van der Waals surface area contributed by atoms with Gasteiger partial charge in [-0.25, -0.2) is 4.79 Å². The molecule has 3 rings (SSSR count). The Balaban J connectivity index is 1.63. The average Bonchev–Trinajstić information content (AvgIpc) is 2.86. The van der Waals surface area contributed by atoms with Gasteiger partial charge in [0.2, 0.25) is 0 Å². The summed E-state index contributed by atoms with van der Waals surface area (Å²) in [6, 6.07) is 1.42. The normalized spacial score (nSPS) is 36.8. The van der Waals surface area contributed by atoms with Gasteiger partial charge in [-0.15, -0.1) is 0 Å². The number of carbonyl (C=O) groups is 1. The summed E-state index contributed by atoms with van der Waals surface area (Å²) < 4.78 is 5.10. The molecule has 4 nitrogen and oxygen atoms in total. The third-order valence-electron chi connectivity index (χ3n) is 4.61. The van der Waals surface area contributed by atoms with Crippen molar-refractivity contribution in [3.63, 3.8) is 0 Å². The molecule has 3 aliphatic heterocycles. The lowest BCUT2D eigenvalue weighted by molar-refractivity contribution is 0.101. The highest BCUT2D eigenvalue weighted by Crippen LogP contribution is 2.39. The van der Waals surface area contributed by atoms with Crippen LogP contribution in [0.5, 0.6) is 0 Å². The van der Waals surface area contributed by atoms with Crippen LogP contribution in [0.4, 0.5) is 4.79 Å². The Morgan fingerprint density at radius 3 is 3.06 bits per heavy atom. The number of piperidine rings is 1. The summed E-state index contributed by atoms with van der Waals surface area (Å²) in [6.07, 6.45) is 5.27. The third kappa shape index (κ3) is 1.92. The van der Waals surface area contributed by atoms with Crippen molar-refractivity contribution >= 4 is 6.09 Å². The first kappa shape index (κ1) is 11.3. The number of nitrogens with zero attached hydrogens (tertiary/aromatic N) is 2. The van der Waals surface area contributed by atoms with Crippen molar-refractivity contribution in [1.82, 2.24) is 9.80 Å². The lowest BCUT2D eigenvalue weighted by Crippen LogP contribution is -2.43. The summed E-state index contributed by atoms with van der Waals surface area (Å²) in [5, 5.41) is 0. The molecule has 3 unspecified atom stereocenters. The van der Waals surface area contributed by atoms with E-state index in [-0.39, 0.29) is 6.09 Å². The highest BCUT2D eigenvalue weighted by atomic mass is 16.6. The van der Waals surface area contributed by atoms with Crippen molar-refractivity contribution in [3.05, 3.63) is 0 Å². The first-order valence-electron chi connectivity index (χ1n) is 6.97. The van der Waals surface area contributed by atoms with Crippen LogP contribution in [0, 0.1) is 5.92 Å². The van der Waals surface area contributed by atoms with E-state index >= 15 is 0 Å². The van der Waals surface area contributed by atoms with Crippen LogP contribution in [0.2, 0.25) is 0 Å². The smallest absolute Gasteiger partial charge is 0.409 e. The minimum atomic E-state index is -0.115. The van der Waals surface area contributed by atoms with Crippen molar-refractivity contribution in [3.8, 4) is 0 Å². The quantitative estimate of drug-likeness (QED) is 0.697. The second-order valence-electron chi connectivity index (χ2n) is 5.55. The van der Waals surface area contributed by atoms with Gasteiger partial charge in [-0.1, -0.05) is 6.42 Å². The molecule has 0 aromatic heterocycles. The van der Waals surface area contributed by atoms with Crippen LogP contribution in [0.15, 0.2) is 0 Å². The number of rotatable bonds is 1. The maximum Gasteiger partial charge on any atom is 0.409 e. The number of likely N-dealkylation sites (tertiary alicyclic amines) is 1. The first-order chi connectivity index (χ1) is 8.29. The summed E-state index contributed by atoms with van der Waals surface area (Å²) >= 11 is 0. The van der Waals surface area contributed by atoms with Gasteiger partial charge >= 0.3 is 6.09 Å². The lowest BCUT2D eigenvalue weighted by Gasteiger charge is -2.34. The molecular weight excluding hydrogens is 216 g/mol. The molecule has 3 aliphatic rings. The van der Waals surface area contributed by atoms with Gasteiger partial charge in [-0.2, -0.15) is 0 Å². The van der Waals surface area contributed by atoms with Crippen LogP contribution in [0.3, 0.4) is 0 Å². The molecule has 0 aromatic rings. The monoisotopic (exact) mass is 238 g/mol. The van der Waals surface area contributed by atoms with E-state index < -0.39 is 0 Å². The topological polar surface area (TPSA) is 32.8 Å². The Hall–Kier alpha value is -0.770. The van der Waals surface area contributed by atoms with Gasteiger partial charge < -0.3 is 9.64 Å². The Morgan fingerprint density at radius 1 is 1.35 bits per heavy atom. The average molecular weight is 238 g/mol. The molecule has 3 atom stereocenters. The predicted octanol–water partition coefficient (Wildman–Crippen LogP) is 1.70. The first-order valence-corrected chi connectivity index (χ1v) is 6.97. The standard InChI is InChI=1S/C13H22N2O2/c1-2-17-13(16)14-8-10-7-11-5-3-4-6-15(11)12(10)9-14/h10-12H,2-9H2,1H3. The molecule has 17 heavy (non-hydrogen) atoms. The number of fused-ring (bicyclic) bond motifs is 3. The second-order valence-corrected chi connectivity index (χ2v) is 5.55. The number of amides is 1. The van der Waals surface area contributed by atoms with E-state index in [1.165, 1.54) is 32.2 Å². The zero-order chi connectivity index (χ0) is 11.8. The number of ether oxygens (including phenoxy) is 1. The largest absolute Gasteiger partial charge is 0.450 e. The van der Waals surface area contributed by atoms with E-state index in [1.807, 2.05) is 11.8 Å². The van der Waals surface area contributed by atoms with Crippen molar-refractivity contribution in [2.45, 2.75) is 44.7 Å². The second kappa shape index (κ2) is 4.48. The molecule has 0 aliphatic carbocycles. The van der Waals surface area contributed by atoms with Crippen LogP contribution in [0.25, 0.3) is 0 Å². The number of hydrogen-bond donors (Lipinski definition) is 0. The van der Waals surface area contributed by atoms with Gasteiger partial charge in [0.25, 0.3) is 0 Å². The highest BCUT2D eigenvalue weighted by Gasteiger charge is 2.47. The number of carbonyl (C=O) groups excluding carboxylic acids is 1. The fourth-order valence-corrected chi connectivity index (χ4v) is 3.89. The zero-order valence-electron chi connectivity index (χ0n) is 10.6. The van der Waals surface area contributed by atoms with Crippen LogP contribution in [0.1, 0.15) is 32.6 Å². The van der Waals surface area contributed by atoms with Gasteiger partial charge in [-0.3, -0.25) is 4.90 Å². The van der Waals surface area contributed by atoms with E-state index in [2.05, 4.69) is 4.90 Å². The summed E-state index contributed by atoms with van der Waals surface area (Å²) in [6.45, 7) is 5.39. The Kier molecular flexibility index (Phi) is 2.99. The van der Waals surface area contributed by atoms with E-state index in [9.17, 15) is 4.79 Å². The molecule has 0 bridgehead atoms. The molecular formula is C13H22N2O2. The predicted molar refractivity (Wildman–Crippen MR) is 64.8 cm³/mol. The Labute approximate surface area is 103 Å². The van der Waals surface area contributed by atoms with Crippen molar-refractivity contribution in [2.75, 3.05) is 26.2 Å². The molecule has 3 fully saturated rings. The van der Waals surface area contributed by atoms with Crippen LogP contribution >= 0.6 is 0 Å². The summed E-state index contributed by atoms with van der Waals surface area (Å²) in [5.41, 5.74) is 0. The molecule has 96 valence electrons. The molecule has 3 saturated heterocycles. The number of hydrogen-bond acceptors (Lipinski definition) is 3. The molecule has 4 heteroatoms. The molecule has 0 N–H and O–H groups in total. The summed E-state index contributed by atoms with van der Waals surface area (Å²) in [7, 11) is 0. The van der Waals surface area contributed by atoms with E-state index in [0.717, 1.165) is 19.1 Å². The van der Waals surface area contributed by atoms with Gasteiger partial charge in [-0.05, 0) is 38.6 Å². The Morgan fingerprint density at radius 2 is 2.24 bits per heavy atom. The summed E-state index contributed by atoms with van der Waals surface area (Å²) in [4.78, 5) is 16.3. The van der Waals surface area contributed by atoms with E-state index in [4.69, 9.17) is 4.74 Å². The maximum atomic E-state index is 11.7. The minimum Gasteiger partial charge on any atom is -0.450 e. The van der Waals surface area contributed by atoms with Gasteiger partial charge in [0.15, 0.2) is 0 Å². The van der Waals surface area contributed by atoms with Crippen molar-refractivity contribution < 1.29 is 9.53 Å². The third-order valence-corrected chi connectivity index (χ3v) is 4.61. The van der Waals surface area contributed by atoms with Crippen LogP contribution < -0.4 is 0 Å². The fourth-order valence-electron chi connectivity index (χ4n) is 3.89. The van der Waals surface area contributed by atoms with Gasteiger partial charge in [0.05, 0.1) is 6.61 Å². The van der Waals surface area contributed by atoms with Crippen LogP contribution in [-0.2, 0) is 4.74 Å². The SMILES string of the molecule is CCOC(=O)N1CC2CC3CCCCN3C2C1. The van der Waals surface area contributed by atoms with Crippen molar-refractivity contribution in [1.29, 1.82) is 0 Å². The Bertz CT molecular complexity index is 308. The van der Waals surface area contributed by atoms with Gasteiger partial charge in [0.1, 0.15) is 0 Å². The molecule has 0 saturated carbocycles. The van der Waals surface area contributed by atoms with E-state index in [1.54, 1.807) is 0 Å². The molecule has 3 heterocycles. The highest BCUT2D eigenvalue weighted by molar-refractivity contribution is 5.68. The molecule has 0 radical (unpaired) electrons. The zero-order valence-corrected chi connectivity index (χ0v) is 10.6. The van der Waals surface area contributed by atoms with Gasteiger partial charge in [0, 0.05) is 25.2 Å².